The van der Waals surface area contributed by atoms with Gasteiger partial charge in [-0.25, -0.2) is 8.78 Å². The Morgan fingerprint density at radius 1 is 1.47 bits per heavy atom. The number of non-ortho nitro benzene ring substituents is 1. The number of nitro benzene ring substituents is 1. The second kappa shape index (κ2) is 6.19. The van der Waals surface area contributed by atoms with E-state index in [-0.39, 0.29) is 12.1 Å². The van der Waals surface area contributed by atoms with E-state index in [1.807, 2.05) is 5.32 Å². The Balaban J connectivity index is 2.58. The third-order valence-corrected chi connectivity index (χ3v) is 2.26. The van der Waals surface area contributed by atoms with E-state index in [0.717, 1.165) is 0 Å². The molecule has 19 heavy (non-hydrogen) atoms. The molecule has 0 saturated heterocycles. The summed E-state index contributed by atoms with van der Waals surface area (Å²) in [5, 5.41) is 20.8. The SMILES string of the molecule is O=C(Cc1cccc([N+](=O)[O-])c1)NCC(F)(F)CO. The molecule has 6 nitrogen and oxygen atoms in total. The number of nitrogens with one attached hydrogen (secondary N) is 1. The van der Waals surface area contributed by atoms with Crippen LogP contribution in [0.2, 0.25) is 0 Å². The largest absolute Gasteiger partial charge is 0.390 e. The molecular formula is C11H12F2N2O4. The minimum atomic E-state index is -3.38. The number of halogens is 2. The number of rotatable bonds is 6. The van der Waals surface area contributed by atoms with Crippen molar-refractivity contribution in [3.05, 3.63) is 39.9 Å². The van der Waals surface area contributed by atoms with Crippen molar-refractivity contribution < 1.29 is 23.6 Å². The van der Waals surface area contributed by atoms with Crippen LogP contribution in [0.25, 0.3) is 0 Å². The molecule has 0 aromatic heterocycles. The lowest BCUT2D eigenvalue weighted by Crippen LogP contribution is -2.39. The van der Waals surface area contributed by atoms with Crippen molar-refractivity contribution in [2.45, 2.75) is 12.3 Å². The summed E-state index contributed by atoms with van der Waals surface area (Å²) in [6.45, 7) is -2.33. The lowest BCUT2D eigenvalue weighted by Gasteiger charge is -2.13. The van der Waals surface area contributed by atoms with Gasteiger partial charge < -0.3 is 10.4 Å². The van der Waals surface area contributed by atoms with Crippen LogP contribution in [-0.2, 0) is 11.2 Å². The Bertz CT molecular complexity index is 480. The van der Waals surface area contributed by atoms with Gasteiger partial charge in [0.2, 0.25) is 5.91 Å². The summed E-state index contributed by atoms with van der Waals surface area (Å²) in [7, 11) is 0. The highest BCUT2D eigenvalue weighted by Crippen LogP contribution is 2.14. The van der Waals surface area contributed by atoms with Gasteiger partial charge in [-0.2, -0.15) is 0 Å². The monoisotopic (exact) mass is 274 g/mol. The summed E-state index contributed by atoms with van der Waals surface area (Å²) >= 11 is 0. The molecule has 0 spiro atoms. The fourth-order valence-electron chi connectivity index (χ4n) is 1.31. The predicted octanol–water partition coefficient (Wildman–Crippen LogP) is 0.881. The zero-order valence-corrected chi connectivity index (χ0v) is 9.81. The zero-order chi connectivity index (χ0) is 14.5. The van der Waals surface area contributed by atoms with Crippen LogP contribution < -0.4 is 5.32 Å². The van der Waals surface area contributed by atoms with Gasteiger partial charge in [0, 0.05) is 12.1 Å². The standard InChI is InChI=1S/C11H12F2N2O4/c12-11(13,7-16)6-14-10(17)5-8-2-1-3-9(4-8)15(18)19/h1-4,16H,5-7H2,(H,14,17). The number of nitrogens with zero attached hydrogens (tertiary/aromatic N) is 1. The van der Waals surface area contributed by atoms with Crippen LogP contribution in [0.4, 0.5) is 14.5 Å². The van der Waals surface area contributed by atoms with Gasteiger partial charge in [0.1, 0.15) is 6.61 Å². The van der Waals surface area contributed by atoms with Crippen molar-refractivity contribution in [2.75, 3.05) is 13.2 Å². The van der Waals surface area contributed by atoms with Crippen molar-refractivity contribution in [3.63, 3.8) is 0 Å². The quantitative estimate of drug-likeness (QED) is 0.595. The van der Waals surface area contributed by atoms with Crippen LogP contribution in [0.5, 0.6) is 0 Å². The Labute approximate surface area is 107 Å². The Morgan fingerprint density at radius 2 is 2.16 bits per heavy atom. The molecule has 0 aliphatic heterocycles. The van der Waals surface area contributed by atoms with E-state index in [2.05, 4.69) is 0 Å². The molecule has 0 radical (unpaired) electrons. The molecule has 1 aromatic rings. The number of alkyl halides is 2. The second-order valence-corrected chi connectivity index (χ2v) is 3.89. The molecule has 0 unspecified atom stereocenters. The first-order valence-corrected chi connectivity index (χ1v) is 5.33. The third-order valence-electron chi connectivity index (χ3n) is 2.26. The third kappa shape index (κ3) is 4.96. The first kappa shape index (κ1) is 15.0. The molecule has 0 heterocycles. The van der Waals surface area contributed by atoms with E-state index in [1.54, 1.807) is 0 Å². The molecule has 8 heteroatoms. The van der Waals surface area contributed by atoms with Crippen LogP contribution >= 0.6 is 0 Å². The number of nitro groups is 1. The normalized spacial score (nSPS) is 11.1. The zero-order valence-electron chi connectivity index (χ0n) is 9.81. The van der Waals surface area contributed by atoms with E-state index in [0.29, 0.717) is 5.56 Å². The lowest BCUT2D eigenvalue weighted by molar-refractivity contribution is -0.384. The van der Waals surface area contributed by atoms with E-state index >= 15 is 0 Å². The molecule has 1 aromatic carbocycles. The number of carbonyl (C=O) groups is 1. The fourth-order valence-corrected chi connectivity index (χ4v) is 1.31. The summed E-state index contributed by atoms with van der Waals surface area (Å²) in [6.07, 6.45) is -0.247. The number of carbonyl (C=O) groups excluding carboxylic acids is 1. The minimum Gasteiger partial charge on any atom is -0.390 e. The molecule has 1 amide bonds. The number of benzene rings is 1. The number of aliphatic hydroxyl groups excluding tert-OH is 1. The van der Waals surface area contributed by atoms with Crippen molar-refractivity contribution in [3.8, 4) is 0 Å². The summed E-state index contributed by atoms with van der Waals surface area (Å²) in [4.78, 5) is 21.3. The molecule has 2 N–H and O–H groups in total. The molecule has 0 aliphatic carbocycles. The van der Waals surface area contributed by atoms with Gasteiger partial charge in [0.05, 0.1) is 17.9 Å². The molecule has 0 atom stereocenters. The molecule has 1 rings (SSSR count). The average Bonchev–Trinajstić information content (AvgIpc) is 2.37. The number of hydrogen-bond acceptors (Lipinski definition) is 4. The maximum absolute atomic E-state index is 12.7. The highest BCUT2D eigenvalue weighted by Gasteiger charge is 2.28. The Kier molecular flexibility index (Phi) is 4.87. The van der Waals surface area contributed by atoms with E-state index < -0.39 is 29.9 Å². The first-order valence-electron chi connectivity index (χ1n) is 5.33. The van der Waals surface area contributed by atoms with Gasteiger partial charge >= 0.3 is 0 Å². The van der Waals surface area contributed by atoms with Crippen LogP contribution in [0.3, 0.4) is 0 Å². The molecule has 0 saturated carbocycles. The van der Waals surface area contributed by atoms with Crippen LogP contribution in [0.1, 0.15) is 5.56 Å². The molecular weight excluding hydrogens is 262 g/mol. The Hall–Kier alpha value is -2.09. The van der Waals surface area contributed by atoms with Gasteiger partial charge in [0.15, 0.2) is 0 Å². The van der Waals surface area contributed by atoms with Gasteiger partial charge in [-0.3, -0.25) is 14.9 Å². The summed E-state index contributed by atoms with van der Waals surface area (Å²) < 4.78 is 25.3. The topological polar surface area (TPSA) is 92.5 Å². The van der Waals surface area contributed by atoms with Crippen molar-refractivity contribution in [1.29, 1.82) is 0 Å². The number of aliphatic hydroxyl groups is 1. The van der Waals surface area contributed by atoms with E-state index in [1.165, 1.54) is 24.3 Å². The smallest absolute Gasteiger partial charge is 0.287 e. The van der Waals surface area contributed by atoms with Crippen LogP contribution in [-0.4, -0.2) is 35.0 Å². The van der Waals surface area contributed by atoms with Crippen molar-refractivity contribution >= 4 is 11.6 Å². The van der Waals surface area contributed by atoms with Gasteiger partial charge in [-0.15, -0.1) is 0 Å². The van der Waals surface area contributed by atoms with Crippen LogP contribution in [0.15, 0.2) is 24.3 Å². The van der Waals surface area contributed by atoms with Crippen LogP contribution in [0, 0.1) is 10.1 Å². The Morgan fingerprint density at radius 3 is 2.74 bits per heavy atom. The molecule has 104 valence electrons. The number of hydrogen-bond donors (Lipinski definition) is 2. The molecule has 0 aliphatic rings. The lowest BCUT2D eigenvalue weighted by atomic mass is 10.1. The summed E-state index contributed by atoms with van der Waals surface area (Å²) in [5.41, 5.74) is 0.171. The predicted molar refractivity (Wildman–Crippen MR) is 61.8 cm³/mol. The number of amides is 1. The average molecular weight is 274 g/mol. The molecule has 0 fully saturated rings. The highest BCUT2D eigenvalue weighted by atomic mass is 19.3. The summed E-state index contributed by atoms with van der Waals surface area (Å²) in [6, 6.07) is 5.35. The summed E-state index contributed by atoms with van der Waals surface area (Å²) in [5.74, 6) is -4.08. The first-order chi connectivity index (χ1) is 8.84. The maximum Gasteiger partial charge on any atom is 0.287 e. The second-order valence-electron chi connectivity index (χ2n) is 3.89. The van der Waals surface area contributed by atoms with Gasteiger partial charge in [-0.1, -0.05) is 12.1 Å². The fraction of sp³-hybridized carbons (Fsp3) is 0.364. The van der Waals surface area contributed by atoms with Crippen molar-refractivity contribution in [1.82, 2.24) is 5.32 Å². The maximum atomic E-state index is 12.7. The molecule has 0 bridgehead atoms. The van der Waals surface area contributed by atoms with Gasteiger partial charge in [0.25, 0.3) is 11.6 Å². The van der Waals surface area contributed by atoms with Gasteiger partial charge in [-0.05, 0) is 5.56 Å². The van der Waals surface area contributed by atoms with E-state index in [9.17, 15) is 23.7 Å². The van der Waals surface area contributed by atoms with Crippen molar-refractivity contribution in [2.24, 2.45) is 0 Å². The highest BCUT2D eigenvalue weighted by molar-refractivity contribution is 5.78. The minimum absolute atomic E-state index is 0.175. The van der Waals surface area contributed by atoms with E-state index in [4.69, 9.17) is 5.11 Å².